The number of nitrogens with one attached hydrogen (secondary N) is 1. The van der Waals surface area contributed by atoms with E-state index in [4.69, 9.17) is 4.74 Å². The van der Waals surface area contributed by atoms with Crippen LogP contribution in [-0.2, 0) is 4.74 Å². The van der Waals surface area contributed by atoms with Crippen molar-refractivity contribution in [3.05, 3.63) is 24.3 Å². The van der Waals surface area contributed by atoms with Gasteiger partial charge in [-0.05, 0) is 51.5 Å². The second-order valence-corrected chi connectivity index (χ2v) is 5.51. The summed E-state index contributed by atoms with van der Waals surface area (Å²) in [5.74, 6) is 0. The maximum absolute atomic E-state index is 11.4. The molecule has 5 heteroatoms. The third kappa shape index (κ3) is 6.87. The van der Waals surface area contributed by atoms with Gasteiger partial charge in [0.15, 0.2) is 0 Å². The van der Waals surface area contributed by atoms with Crippen LogP contribution in [0.15, 0.2) is 34.5 Å². The van der Waals surface area contributed by atoms with E-state index < -0.39 is 11.7 Å². The molecule has 0 saturated heterocycles. The largest absolute Gasteiger partial charge is 0.452 e. The Morgan fingerprint density at radius 1 is 1.25 bits per heavy atom. The minimum atomic E-state index is -0.678. The highest BCUT2D eigenvalue weighted by atomic mass is 16.6. The number of unbranched alkanes of at least 4 members (excludes halogenated alkanes) is 1. The predicted octanol–water partition coefficient (Wildman–Crippen LogP) is 4.92. The van der Waals surface area contributed by atoms with Crippen molar-refractivity contribution >= 4 is 17.5 Å². The molecule has 0 fully saturated rings. The van der Waals surface area contributed by atoms with Gasteiger partial charge >= 0.3 is 6.09 Å². The number of ether oxygens (including phenoxy) is 1. The third-order valence-corrected chi connectivity index (χ3v) is 2.37. The van der Waals surface area contributed by atoms with E-state index >= 15 is 0 Å². The average molecular weight is 277 g/mol. The molecule has 0 heterocycles. The molecule has 0 bridgehead atoms. The highest BCUT2D eigenvalue weighted by Crippen LogP contribution is 2.17. The lowest BCUT2D eigenvalue weighted by Crippen LogP contribution is -2.21. The topological polar surface area (TPSA) is 63.0 Å². The monoisotopic (exact) mass is 277 g/mol. The highest BCUT2D eigenvalue weighted by molar-refractivity contribution is 5.68. The number of carbonyl (C=O) groups is 1. The highest BCUT2D eigenvalue weighted by Gasteiger charge is 2.15. The van der Waals surface area contributed by atoms with Crippen LogP contribution in [0.1, 0.15) is 40.5 Å². The fourth-order valence-corrected chi connectivity index (χ4v) is 1.44. The minimum absolute atomic E-state index is 0.552. The average Bonchev–Trinajstić information content (AvgIpc) is 2.36. The second-order valence-electron chi connectivity index (χ2n) is 5.51. The predicted molar refractivity (Wildman–Crippen MR) is 80.6 cm³/mol. The van der Waals surface area contributed by atoms with Crippen LogP contribution in [0.25, 0.3) is 0 Å². The van der Waals surface area contributed by atoms with Gasteiger partial charge < -0.3 is 10.1 Å². The Morgan fingerprint density at radius 3 is 2.45 bits per heavy atom. The summed E-state index contributed by atoms with van der Waals surface area (Å²) in [5, 5.41) is 10.7. The quantitative estimate of drug-likeness (QED) is 0.614. The first-order chi connectivity index (χ1) is 9.40. The minimum Gasteiger partial charge on any atom is -0.441 e. The van der Waals surface area contributed by atoms with Crippen molar-refractivity contribution in [2.75, 3.05) is 11.9 Å². The number of amides is 1. The molecule has 0 aliphatic carbocycles. The maximum atomic E-state index is 11.4. The number of hydrogen-bond acceptors (Lipinski definition) is 4. The van der Waals surface area contributed by atoms with Crippen LogP contribution >= 0.6 is 0 Å². The first-order valence-corrected chi connectivity index (χ1v) is 6.89. The Labute approximate surface area is 120 Å². The molecule has 5 nitrogen and oxygen atoms in total. The molecule has 0 unspecified atom stereocenters. The van der Waals surface area contributed by atoms with E-state index in [0.29, 0.717) is 5.69 Å². The third-order valence-electron chi connectivity index (χ3n) is 2.37. The van der Waals surface area contributed by atoms with Gasteiger partial charge in [-0.1, -0.05) is 18.5 Å². The second kappa shape index (κ2) is 7.62. The van der Waals surface area contributed by atoms with Crippen LogP contribution in [0.3, 0.4) is 0 Å². The summed E-state index contributed by atoms with van der Waals surface area (Å²) in [7, 11) is 0. The lowest BCUT2D eigenvalue weighted by molar-refractivity contribution is 0.0592. The zero-order chi connectivity index (χ0) is 15.0. The van der Waals surface area contributed by atoms with Gasteiger partial charge in [-0.2, -0.15) is 0 Å². The van der Waals surface area contributed by atoms with Crippen LogP contribution < -0.4 is 5.32 Å². The zero-order valence-electron chi connectivity index (χ0n) is 12.6. The van der Waals surface area contributed by atoms with Gasteiger partial charge in [0, 0.05) is 12.2 Å². The van der Waals surface area contributed by atoms with E-state index in [0.717, 1.165) is 25.1 Å². The summed E-state index contributed by atoms with van der Waals surface area (Å²) in [6, 6.07) is 7.45. The van der Waals surface area contributed by atoms with Crippen LogP contribution in [0, 0.1) is 0 Å². The summed E-state index contributed by atoms with van der Waals surface area (Å²) in [6.07, 6.45) is 1.62. The number of nitrogens with zero attached hydrogens (tertiary/aromatic N) is 2. The van der Waals surface area contributed by atoms with Gasteiger partial charge in [-0.15, -0.1) is 5.11 Å². The molecule has 0 spiro atoms. The number of anilines is 1. The van der Waals surface area contributed by atoms with Crippen molar-refractivity contribution in [3.8, 4) is 0 Å². The molecule has 0 aliphatic rings. The SMILES string of the molecule is CCCCNc1ccc(N=NC(=O)OC(C)(C)C)cc1. The molecule has 0 aliphatic heterocycles. The Bertz CT molecular complexity index is 447. The van der Waals surface area contributed by atoms with Gasteiger partial charge in [0.25, 0.3) is 0 Å². The Balaban J connectivity index is 2.50. The van der Waals surface area contributed by atoms with Crippen LogP contribution in [0.4, 0.5) is 16.2 Å². The molecule has 0 radical (unpaired) electrons. The van der Waals surface area contributed by atoms with Gasteiger partial charge in [-0.25, -0.2) is 4.79 Å². The molecule has 1 aromatic carbocycles. The van der Waals surface area contributed by atoms with Gasteiger partial charge in [-0.3, -0.25) is 0 Å². The maximum Gasteiger partial charge on any atom is 0.452 e. The van der Waals surface area contributed by atoms with Crippen molar-refractivity contribution < 1.29 is 9.53 Å². The van der Waals surface area contributed by atoms with E-state index in [1.54, 1.807) is 20.8 Å². The molecule has 1 amide bonds. The number of benzene rings is 1. The van der Waals surface area contributed by atoms with E-state index in [2.05, 4.69) is 22.5 Å². The van der Waals surface area contributed by atoms with Crippen molar-refractivity contribution in [1.29, 1.82) is 0 Å². The van der Waals surface area contributed by atoms with E-state index in [1.165, 1.54) is 0 Å². The molecular formula is C15H23N3O2. The smallest absolute Gasteiger partial charge is 0.441 e. The van der Waals surface area contributed by atoms with Crippen LogP contribution in [0.2, 0.25) is 0 Å². The van der Waals surface area contributed by atoms with Crippen LogP contribution in [0.5, 0.6) is 0 Å². The summed E-state index contributed by atoms with van der Waals surface area (Å²) >= 11 is 0. The van der Waals surface area contributed by atoms with Gasteiger partial charge in [0.1, 0.15) is 5.60 Å². The molecular weight excluding hydrogens is 254 g/mol. The number of carbonyl (C=O) groups excluding carboxylic acids is 1. The van der Waals surface area contributed by atoms with Crippen molar-refractivity contribution in [3.63, 3.8) is 0 Å². The Morgan fingerprint density at radius 2 is 1.90 bits per heavy atom. The van der Waals surface area contributed by atoms with E-state index in [1.807, 2.05) is 24.3 Å². The number of hydrogen-bond donors (Lipinski definition) is 1. The lowest BCUT2D eigenvalue weighted by atomic mass is 10.2. The zero-order valence-corrected chi connectivity index (χ0v) is 12.6. The molecule has 1 aromatic rings. The molecule has 20 heavy (non-hydrogen) atoms. The molecule has 0 aromatic heterocycles. The lowest BCUT2D eigenvalue weighted by Gasteiger charge is -2.16. The molecule has 1 N–H and O–H groups in total. The first-order valence-electron chi connectivity index (χ1n) is 6.89. The number of rotatable bonds is 5. The van der Waals surface area contributed by atoms with Crippen LogP contribution in [-0.4, -0.2) is 18.2 Å². The summed E-state index contributed by atoms with van der Waals surface area (Å²) in [4.78, 5) is 11.4. The summed E-state index contributed by atoms with van der Waals surface area (Å²) in [6.45, 7) is 8.47. The molecule has 0 saturated carbocycles. The first kappa shape index (κ1) is 16.1. The fraction of sp³-hybridized carbons (Fsp3) is 0.533. The standard InChI is InChI=1S/C15H23N3O2/c1-5-6-11-16-12-7-9-13(10-8-12)17-18-14(19)20-15(2,3)4/h7-10,16H,5-6,11H2,1-4H3. The molecule has 1 rings (SSSR count). The van der Waals surface area contributed by atoms with E-state index in [-0.39, 0.29) is 0 Å². The van der Waals surface area contributed by atoms with Crippen molar-refractivity contribution in [2.24, 2.45) is 10.2 Å². The molecule has 110 valence electrons. The molecule has 0 atom stereocenters. The van der Waals surface area contributed by atoms with Crippen molar-refractivity contribution in [1.82, 2.24) is 0 Å². The summed E-state index contributed by atoms with van der Waals surface area (Å²) in [5.41, 5.74) is 1.11. The number of azo groups is 1. The van der Waals surface area contributed by atoms with Crippen molar-refractivity contribution in [2.45, 2.75) is 46.1 Å². The summed E-state index contributed by atoms with van der Waals surface area (Å²) < 4.78 is 5.04. The Hall–Kier alpha value is -1.91. The van der Waals surface area contributed by atoms with Gasteiger partial charge in [0.2, 0.25) is 0 Å². The van der Waals surface area contributed by atoms with E-state index in [9.17, 15) is 4.79 Å². The normalized spacial score (nSPS) is 11.6. The van der Waals surface area contributed by atoms with Gasteiger partial charge in [0.05, 0.1) is 5.69 Å². The fourth-order valence-electron chi connectivity index (χ4n) is 1.44. The Kier molecular flexibility index (Phi) is 6.15.